The zero-order chi connectivity index (χ0) is 36.7. The van der Waals surface area contributed by atoms with Gasteiger partial charge in [0.1, 0.15) is 0 Å². The summed E-state index contributed by atoms with van der Waals surface area (Å²) < 4.78 is 5.20. The molecule has 0 saturated heterocycles. The van der Waals surface area contributed by atoms with E-state index in [0.29, 0.717) is 0 Å². The highest BCUT2D eigenvalue weighted by Gasteiger charge is 2.41. The minimum Gasteiger partial charge on any atom is -0.310 e. The Kier molecular flexibility index (Phi) is 5.03. The number of para-hydroxylation sites is 2. The monoisotopic (exact) mass is 716 g/mol. The van der Waals surface area contributed by atoms with E-state index in [1.54, 1.807) is 0 Å². The number of rotatable bonds is 0. The quantitative estimate of drug-likeness (QED) is 0.109. The summed E-state index contributed by atoms with van der Waals surface area (Å²) in [6, 6.07) is 66.6. The van der Waals surface area contributed by atoms with Gasteiger partial charge in [0.25, 0.3) is 6.71 Å². The Labute approximate surface area is 326 Å². The van der Waals surface area contributed by atoms with Gasteiger partial charge in [-0.15, -0.1) is 0 Å². The summed E-state index contributed by atoms with van der Waals surface area (Å²) >= 11 is 0. The van der Waals surface area contributed by atoms with Crippen LogP contribution in [0.15, 0.2) is 176 Å². The highest BCUT2D eigenvalue weighted by molar-refractivity contribution is 7.00. The van der Waals surface area contributed by atoms with E-state index < -0.39 is 0 Å². The summed E-state index contributed by atoms with van der Waals surface area (Å²) in [5.74, 6) is 0. The third-order valence-electron chi connectivity index (χ3n) is 13.8. The Morgan fingerprint density at radius 1 is 0.263 bits per heavy atom. The number of fused-ring (bicyclic) bond motifs is 24. The van der Waals surface area contributed by atoms with Crippen LogP contribution in [0.5, 0.6) is 0 Å². The third-order valence-corrected chi connectivity index (χ3v) is 13.8. The van der Waals surface area contributed by atoms with E-state index in [2.05, 4.69) is 185 Å². The molecule has 2 aromatic heterocycles. The van der Waals surface area contributed by atoms with Gasteiger partial charge in [0.05, 0.1) is 11.0 Å². The van der Waals surface area contributed by atoms with Crippen molar-refractivity contribution in [2.24, 2.45) is 0 Å². The zero-order valence-electron chi connectivity index (χ0n) is 30.7. The molecule has 2 aliphatic heterocycles. The Hall–Kier alpha value is -7.36. The lowest BCUT2D eigenvalue weighted by Crippen LogP contribution is -2.59. The SMILES string of the molecule is c1cc2c3c(c1)-n1c4ccc5c6ccccc6c6ccccc6c5c4c4cccc(c41)B3c1cccc3c4c5c6ccccc6c6ccccc6c5ccc4n-2c13. The summed E-state index contributed by atoms with van der Waals surface area (Å²) in [7, 11) is 0. The van der Waals surface area contributed by atoms with Crippen LogP contribution in [0.3, 0.4) is 0 Å². The van der Waals surface area contributed by atoms with Gasteiger partial charge < -0.3 is 9.13 Å². The Balaban J connectivity index is 1.13. The van der Waals surface area contributed by atoms with Crippen LogP contribution in [0.4, 0.5) is 0 Å². The average Bonchev–Trinajstić information content (AvgIpc) is 3.81. The fourth-order valence-corrected chi connectivity index (χ4v) is 11.8. The van der Waals surface area contributed by atoms with Crippen LogP contribution in [-0.2, 0) is 0 Å². The molecular weight excluding hydrogens is 687 g/mol. The first-order chi connectivity index (χ1) is 28.3. The van der Waals surface area contributed by atoms with Gasteiger partial charge >= 0.3 is 0 Å². The van der Waals surface area contributed by atoms with Gasteiger partial charge in [-0.25, -0.2) is 0 Å². The van der Waals surface area contributed by atoms with Crippen molar-refractivity contribution in [3.63, 3.8) is 0 Å². The molecule has 0 aliphatic carbocycles. The van der Waals surface area contributed by atoms with Crippen LogP contribution in [0.2, 0.25) is 0 Å². The van der Waals surface area contributed by atoms with Crippen LogP contribution in [0.1, 0.15) is 0 Å². The van der Waals surface area contributed by atoms with Crippen molar-refractivity contribution in [3.8, 4) is 11.4 Å². The third kappa shape index (κ3) is 3.24. The molecule has 2 aliphatic rings. The molecule has 15 rings (SSSR count). The summed E-state index contributed by atoms with van der Waals surface area (Å²) in [4.78, 5) is 0. The van der Waals surface area contributed by atoms with Gasteiger partial charge in [-0.3, -0.25) is 0 Å². The molecule has 0 bridgehead atoms. The second kappa shape index (κ2) is 9.89. The van der Waals surface area contributed by atoms with E-state index >= 15 is 0 Å². The molecule has 0 radical (unpaired) electrons. The largest absolute Gasteiger partial charge is 0.310 e. The molecule has 258 valence electrons. The summed E-state index contributed by atoms with van der Waals surface area (Å²) in [5, 5.41) is 21.2. The molecular formula is C54H29BN2. The molecule has 57 heavy (non-hydrogen) atoms. The molecule has 3 heteroatoms. The lowest BCUT2D eigenvalue weighted by Gasteiger charge is -2.33. The summed E-state index contributed by atoms with van der Waals surface area (Å²) in [6.45, 7) is 0.102. The van der Waals surface area contributed by atoms with Crippen LogP contribution in [0, 0.1) is 0 Å². The molecule has 0 amide bonds. The van der Waals surface area contributed by atoms with E-state index in [0.717, 1.165) is 0 Å². The normalized spacial score (nSPS) is 13.2. The van der Waals surface area contributed by atoms with Gasteiger partial charge in [0.15, 0.2) is 0 Å². The van der Waals surface area contributed by atoms with Crippen molar-refractivity contribution in [1.82, 2.24) is 9.13 Å². The fraction of sp³-hybridized carbons (Fsp3) is 0. The molecule has 13 aromatic rings. The number of hydrogen-bond acceptors (Lipinski definition) is 0. The van der Waals surface area contributed by atoms with Crippen molar-refractivity contribution in [3.05, 3.63) is 176 Å². The second-order valence-corrected chi connectivity index (χ2v) is 16.2. The molecule has 0 saturated carbocycles. The zero-order valence-corrected chi connectivity index (χ0v) is 30.7. The summed E-state index contributed by atoms with van der Waals surface area (Å²) in [6.07, 6.45) is 0. The minimum absolute atomic E-state index is 0.102. The van der Waals surface area contributed by atoms with E-state index in [-0.39, 0.29) is 6.71 Å². The maximum Gasteiger partial charge on any atom is 0.252 e. The molecule has 0 atom stereocenters. The van der Waals surface area contributed by atoms with E-state index in [4.69, 9.17) is 0 Å². The first kappa shape index (κ1) is 29.0. The van der Waals surface area contributed by atoms with Gasteiger partial charge in [-0.05, 0) is 94.5 Å². The Morgan fingerprint density at radius 2 is 0.596 bits per heavy atom. The van der Waals surface area contributed by atoms with Crippen molar-refractivity contribution in [2.45, 2.75) is 0 Å². The molecule has 0 N–H and O–H groups in total. The smallest absolute Gasteiger partial charge is 0.252 e. The summed E-state index contributed by atoms with van der Waals surface area (Å²) in [5.41, 5.74) is 11.9. The highest BCUT2D eigenvalue weighted by atomic mass is 15.0. The van der Waals surface area contributed by atoms with Crippen LogP contribution >= 0.6 is 0 Å². The standard InChI is InChI=1S/C54H29BN2/c1-3-16-34-30(12-1)32-14-5-7-18-36(32)48-38(34)26-28-44-50(48)40-20-9-22-42-53(40)56(44)46-24-11-25-47-52(46)55(42)43-23-10-21-41-51-45(57(47)54(41)43)29-27-39-35-17-4-2-13-31(35)33-15-6-8-19-37(33)49(39)51/h1-29H. The van der Waals surface area contributed by atoms with Crippen LogP contribution in [0.25, 0.3) is 120 Å². The molecule has 0 unspecified atom stereocenters. The van der Waals surface area contributed by atoms with Crippen molar-refractivity contribution < 1.29 is 0 Å². The lowest BCUT2D eigenvalue weighted by atomic mass is 9.34. The first-order valence-electron chi connectivity index (χ1n) is 20.1. The number of nitrogens with zero attached hydrogens (tertiary/aromatic N) is 2. The maximum atomic E-state index is 2.60. The minimum atomic E-state index is 0.102. The van der Waals surface area contributed by atoms with E-state index in [1.165, 1.54) is 136 Å². The molecule has 11 aromatic carbocycles. The van der Waals surface area contributed by atoms with Crippen molar-refractivity contribution in [2.75, 3.05) is 0 Å². The first-order valence-corrected chi connectivity index (χ1v) is 20.1. The lowest BCUT2D eigenvalue weighted by molar-refractivity contribution is 1.14. The van der Waals surface area contributed by atoms with E-state index in [1.807, 2.05) is 0 Å². The van der Waals surface area contributed by atoms with Gasteiger partial charge in [0.2, 0.25) is 0 Å². The van der Waals surface area contributed by atoms with Crippen LogP contribution in [-0.4, -0.2) is 15.8 Å². The van der Waals surface area contributed by atoms with Gasteiger partial charge in [-0.1, -0.05) is 152 Å². The number of aromatic nitrogens is 2. The van der Waals surface area contributed by atoms with Crippen molar-refractivity contribution >= 4 is 131 Å². The van der Waals surface area contributed by atoms with Crippen molar-refractivity contribution in [1.29, 1.82) is 0 Å². The molecule has 2 nitrogen and oxygen atoms in total. The predicted molar refractivity (Wildman–Crippen MR) is 245 cm³/mol. The second-order valence-electron chi connectivity index (χ2n) is 16.2. The average molecular weight is 717 g/mol. The molecule has 0 fully saturated rings. The highest BCUT2D eigenvalue weighted by Crippen LogP contribution is 2.47. The number of hydrogen-bond donors (Lipinski definition) is 0. The Morgan fingerprint density at radius 3 is 1.02 bits per heavy atom. The van der Waals surface area contributed by atoms with E-state index in [9.17, 15) is 0 Å². The Bertz CT molecular complexity index is 3720. The van der Waals surface area contributed by atoms with Gasteiger partial charge in [-0.2, -0.15) is 0 Å². The van der Waals surface area contributed by atoms with Gasteiger partial charge in [0, 0.05) is 54.7 Å². The molecule has 0 spiro atoms. The molecule has 4 heterocycles. The predicted octanol–water partition coefficient (Wildman–Crippen LogP) is 11.9. The maximum absolute atomic E-state index is 2.60. The fourth-order valence-electron chi connectivity index (χ4n) is 11.8. The number of benzene rings is 11. The topological polar surface area (TPSA) is 9.86 Å². The van der Waals surface area contributed by atoms with Crippen LogP contribution < -0.4 is 16.4 Å².